The predicted molar refractivity (Wildman–Crippen MR) is 103 cm³/mol. The lowest BCUT2D eigenvalue weighted by molar-refractivity contribution is -0.116. The lowest BCUT2D eigenvalue weighted by Crippen LogP contribution is -2.21. The molecule has 0 fully saturated rings. The highest BCUT2D eigenvalue weighted by atomic mass is 32.2. The van der Waals surface area contributed by atoms with Gasteiger partial charge in [0.15, 0.2) is 11.5 Å². The van der Waals surface area contributed by atoms with E-state index in [2.05, 4.69) is 10.0 Å². The van der Waals surface area contributed by atoms with E-state index in [-0.39, 0.29) is 17.3 Å². The SMILES string of the molecule is CNS(=O)(=O)c1cccc(CNC(=O)/C=C/c2ccc(OC)c(OC)c2)c1. The molecule has 7 nitrogen and oxygen atoms in total. The van der Waals surface area contributed by atoms with Crippen molar-refractivity contribution in [2.75, 3.05) is 21.3 Å². The third-order valence-corrected chi connectivity index (χ3v) is 5.19. The van der Waals surface area contributed by atoms with Crippen molar-refractivity contribution in [3.05, 3.63) is 59.7 Å². The van der Waals surface area contributed by atoms with Crippen molar-refractivity contribution in [3.63, 3.8) is 0 Å². The highest BCUT2D eigenvalue weighted by Gasteiger charge is 2.11. The van der Waals surface area contributed by atoms with Gasteiger partial charge in [-0.25, -0.2) is 13.1 Å². The quantitative estimate of drug-likeness (QED) is 0.672. The van der Waals surface area contributed by atoms with Crippen molar-refractivity contribution in [2.45, 2.75) is 11.4 Å². The van der Waals surface area contributed by atoms with Crippen LogP contribution in [0.2, 0.25) is 0 Å². The van der Waals surface area contributed by atoms with Gasteiger partial charge in [0.25, 0.3) is 0 Å². The molecule has 0 aromatic heterocycles. The second-order valence-corrected chi connectivity index (χ2v) is 7.41. The Bertz CT molecular complexity index is 939. The van der Waals surface area contributed by atoms with Gasteiger partial charge in [0.05, 0.1) is 19.1 Å². The number of amides is 1. The van der Waals surface area contributed by atoms with Crippen LogP contribution in [0.5, 0.6) is 11.5 Å². The monoisotopic (exact) mass is 390 g/mol. The molecule has 0 heterocycles. The summed E-state index contributed by atoms with van der Waals surface area (Å²) in [6, 6.07) is 11.7. The standard InChI is InChI=1S/C19H22N2O5S/c1-20-27(23,24)16-6-4-5-15(11-16)13-21-19(22)10-8-14-7-9-17(25-2)18(12-14)26-3/h4-12,20H,13H2,1-3H3,(H,21,22)/b10-8+. The molecule has 0 atom stereocenters. The van der Waals surface area contributed by atoms with E-state index in [1.807, 2.05) is 0 Å². The first-order valence-corrected chi connectivity index (χ1v) is 9.58. The second-order valence-electron chi connectivity index (χ2n) is 5.52. The fraction of sp³-hybridized carbons (Fsp3) is 0.211. The van der Waals surface area contributed by atoms with Crippen molar-refractivity contribution < 1.29 is 22.7 Å². The van der Waals surface area contributed by atoms with Gasteiger partial charge in [0, 0.05) is 12.6 Å². The molecule has 8 heteroatoms. The summed E-state index contributed by atoms with van der Waals surface area (Å²) in [5, 5.41) is 2.72. The minimum absolute atomic E-state index is 0.151. The van der Waals surface area contributed by atoms with Gasteiger partial charge in [-0.3, -0.25) is 4.79 Å². The van der Waals surface area contributed by atoms with Gasteiger partial charge >= 0.3 is 0 Å². The Kier molecular flexibility index (Phi) is 6.98. The van der Waals surface area contributed by atoms with Gasteiger partial charge in [-0.1, -0.05) is 18.2 Å². The number of nitrogens with one attached hydrogen (secondary N) is 2. The van der Waals surface area contributed by atoms with Gasteiger partial charge in [-0.15, -0.1) is 0 Å². The van der Waals surface area contributed by atoms with Crippen LogP contribution < -0.4 is 19.5 Å². The number of rotatable bonds is 8. The number of methoxy groups -OCH3 is 2. The zero-order valence-electron chi connectivity index (χ0n) is 15.4. The predicted octanol–water partition coefficient (Wildman–Crippen LogP) is 1.94. The normalized spacial score (nSPS) is 11.4. The van der Waals surface area contributed by atoms with Crippen LogP contribution in [0, 0.1) is 0 Å². The Morgan fingerprint density at radius 1 is 1.07 bits per heavy atom. The minimum Gasteiger partial charge on any atom is -0.493 e. The average Bonchev–Trinajstić information content (AvgIpc) is 2.70. The first kappa shape index (κ1) is 20.5. The summed E-state index contributed by atoms with van der Waals surface area (Å²) in [7, 11) is 0.929. The average molecular weight is 390 g/mol. The summed E-state index contributed by atoms with van der Waals surface area (Å²) < 4.78 is 36.3. The number of sulfonamides is 1. The molecule has 1 amide bonds. The van der Waals surface area contributed by atoms with Gasteiger partial charge in [-0.05, 0) is 48.5 Å². The number of carbonyl (C=O) groups excluding carboxylic acids is 1. The summed E-state index contributed by atoms with van der Waals surface area (Å²) in [4.78, 5) is 12.2. The maximum atomic E-state index is 12.0. The summed E-state index contributed by atoms with van der Waals surface area (Å²) in [6.45, 7) is 0.210. The topological polar surface area (TPSA) is 93.7 Å². The zero-order chi connectivity index (χ0) is 19.9. The lowest BCUT2D eigenvalue weighted by Gasteiger charge is -2.08. The van der Waals surface area contributed by atoms with Crippen molar-refractivity contribution in [3.8, 4) is 11.5 Å². The molecular formula is C19H22N2O5S. The Morgan fingerprint density at radius 2 is 1.81 bits per heavy atom. The van der Waals surface area contributed by atoms with Crippen LogP contribution in [0.4, 0.5) is 0 Å². The second kappa shape index (κ2) is 9.20. The van der Waals surface area contributed by atoms with Crippen LogP contribution in [0.25, 0.3) is 6.08 Å². The van der Waals surface area contributed by atoms with Crippen LogP contribution in [0.3, 0.4) is 0 Å². The third kappa shape index (κ3) is 5.57. The lowest BCUT2D eigenvalue weighted by atomic mass is 10.2. The van der Waals surface area contributed by atoms with Crippen LogP contribution in [-0.2, 0) is 21.4 Å². The Balaban J connectivity index is 2.01. The van der Waals surface area contributed by atoms with Gasteiger partial charge < -0.3 is 14.8 Å². The fourth-order valence-electron chi connectivity index (χ4n) is 2.32. The molecule has 2 N–H and O–H groups in total. The maximum absolute atomic E-state index is 12.0. The zero-order valence-corrected chi connectivity index (χ0v) is 16.2. The molecule has 2 aromatic rings. The molecule has 0 bridgehead atoms. The van der Waals surface area contributed by atoms with E-state index in [0.717, 1.165) is 5.56 Å². The Labute approximate surface area is 159 Å². The van der Waals surface area contributed by atoms with E-state index >= 15 is 0 Å². The molecule has 0 aliphatic rings. The van der Waals surface area contributed by atoms with E-state index in [1.165, 1.54) is 25.3 Å². The van der Waals surface area contributed by atoms with Crippen LogP contribution >= 0.6 is 0 Å². The molecule has 0 radical (unpaired) electrons. The smallest absolute Gasteiger partial charge is 0.244 e. The van der Waals surface area contributed by atoms with Crippen molar-refractivity contribution in [1.29, 1.82) is 0 Å². The molecule has 0 saturated carbocycles. The van der Waals surface area contributed by atoms with Crippen LogP contribution in [-0.4, -0.2) is 35.6 Å². The number of hydrogen-bond acceptors (Lipinski definition) is 5. The van der Waals surface area contributed by atoms with Gasteiger partial charge in [-0.2, -0.15) is 0 Å². The Hall–Kier alpha value is -2.84. The summed E-state index contributed by atoms with van der Waals surface area (Å²) in [6.07, 6.45) is 3.05. The van der Waals surface area contributed by atoms with E-state index in [4.69, 9.17) is 9.47 Å². The molecule has 0 aliphatic carbocycles. The molecular weight excluding hydrogens is 368 g/mol. The summed E-state index contributed by atoms with van der Waals surface area (Å²) >= 11 is 0. The molecule has 144 valence electrons. The number of hydrogen-bond donors (Lipinski definition) is 2. The maximum Gasteiger partial charge on any atom is 0.244 e. The number of ether oxygens (including phenoxy) is 2. The van der Waals surface area contributed by atoms with Gasteiger partial charge in [0.2, 0.25) is 15.9 Å². The molecule has 27 heavy (non-hydrogen) atoms. The van der Waals surface area contributed by atoms with E-state index in [0.29, 0.717) is 17.1 Å². The van der Waals surface area contributed by atoms with Gasteiger partial charge in [0.1, 0.15) is 0 Å². The minimum atomic E-state index is -3.52. The first-order chi connectivity index (χ1) is 12.9. The van der Waals surface area contributed by atoms with E-state index < -0.39 is 10.0 Å². The van der Waals surface area contributed by atoms with Crippen LogP contribution in [0.15, 0.2) is 53.4 Å². The number of benzene rings is 2. The molecule has 0 saturated heterocycles. The molecule has 0 aliphatic heterocycles. The molecule has 2 aromatic carbocycles. The largest absolute Gasteiger partial charge is 0.493 e. The van der Waals surface area contributed by atoms with Crippen molar-refractivity contribution in [2.24, 2.45) is 0 Å². The highest BCUT2D eigenvalue weighted by Crippen LogP contribution is 2.27. The Morgan fingerprint density at radius 3 is 2.48 bits per heavy atom. The van der Waals surface area contributed by atoms with Crippen LogP contribution in [0.1, 0.15) is 11.1 Å². The fourth-order valence-corrected chi connectivity index (χ4v) is 3.12. The van der Waals surface area contributed by atoms with E-state index in [9.17, 15) is 13.2 Å². The summed E-state index contributed by atoms with van der Waals surface area (Å²) in [5.41, 5.74) is 1.46. The van der Waals surface area contributed by atoms with Crippen molar-refractivity contribution in [1.82, 2.24) is 10.0 Å². The highest BCUT2D eigenvalue weighted by molar-refractivity contribution is 7.89. The first-order valence-electron chi connectivity index (χ1n) is 8.10. The molecule has 0 unspecified atom stereocenters. The van der Waals surface area contributed by atoms with E-state index in [1.54, 1.807) is 50.6 Å². The molecule has 2 rings (SSSR count). The molecule has 0 spiro atoms. The van der Waals surface area contributed by atoms with Crippen molar-refractivity contribution >= 4 is 22.0 Å². The number of carbonyl (C=O) groups is 1. The summed E-state index contributed by atoms with van der Waals surface area (Å²) in [5.74, 6) is 0.879. The third-order valence-electron chi connectivity index (χ3n) is 3.78.